The second kappa shape index (κ2) is 9.95. The van der Waals surface area contributed by atoms with Crippen molar-refractivity contribution in [2.24, 2.45) is 5.16 Å². The quantitative estimate of drug-likeness (QED) is 0.131. The fourth-order valence-electron chi connectivity index (χ4n) is 3.46. The van der Waals surface area contributed by atoms with Crippen molar-refractivity contribution in [3.05, 3.63) is 46.6 Å². The molecule has 2 aliphatic heterocycles. The van der Waals surface area contributed by atoms with E-state index in [1.165, 1.54) is 17.1 Å². The van der Waals surface area contributed by atoms with Gasteiger partial charge in [-0.3, -0.25) is 14.5 Å². The van der Waals surface area contributed by atoms with E-state index in [0.717, 1.165) is 21.1 Å². The zero-order valence-electron chi connectivity index (χ0n) is 17.6. The SMILES string of the molecule is CSc1ccc(OCC2=C(C(=O)O)N3C(=O)[C@@H](NC(=O)/C(=N\O)c4csc(N)n4)[C@H]3SC2)cc1. The predicted octanol–water partition coefficient (Wildman–Crippen LogP) is 1.44. The summed E-state index contributed by atoms with van der Waals surface area (Å²) in [7, 11) is 0. The highest BCUT2D eigenvalue weighted by Crippen LogP contribution is 2.40. The van der Waals surface area contributed by atoms with Crippen molar-refractivity contribution in [1.82, 2.24) is 15.2 Å². The molecule has 0 aliphatic carbocycles. The summed E-state index contributed by atoms with van der Waals surface area (Å²) in [6, 6.07) is 6.40. The number of carbonyl (C=O) groups excluding carboxylic acids is 2. The molecule has 5 N–H and O–H groups in total. The largest absolute Gasteiger partial charge is 0.489 e. The number of β-lactam (4-membered cyclic amide) rings is 1. The predicted molar refractivity (Wildman–Crippen MR) is 128 cm³/mol. The van der Waals surface area contributed by atoms with Crippen LogP contribution >= 0.6 is 34.9 Å². The van der Waals surface area contributed by atoms with Crippen molar-refractivity contribution in [1.29, 1.82) is 0 Å². The summed E-state index contributed by atoms with van der Waals surface area (Å²) in [4.78, 5) is 43.5. The molecule has 1 saturated heterocycles. The molecule has 1 fully saturated rings. The summed E-state index contributed by atoms with van der Waals surface area (Å²) < 4.78 is 5.75. The molecular formula is C20H19N5O6S3. The maximum Gasteiger partial charge on any atom is 0.352 e. The van der Waals surface area contributed by atoms with Gasteiger partial charge in [-0.05, 0) is 30.5 Å². The second-order valence-corrected chi connectivity index (χ2v) is 9.98. The van der Waals surface area contributed by atoms with Gasteiger partial charge < -0.3 is 26.1 Å². The maximum atomic E-state index is 12.8. The molecule has 2 amide bonds. The summed E-state index contributed by atoms with van der Waals surface area (Å²) in [6.07, 6.45) is 1.96. The molecule has 1 aromatic heterocycles. The van der Waals surface area contributed by atoms with E-state index >= 15 is 0 Å². The normalized spacial score (nSPS) is 20.0. The number of oxime groups is 1. The third kappa shape index (κ3) is 4.56. The number of ether oxygens (including phenoxy) is 1. The van der Waals surface area contributed by atoms with Gasteiger partial charge in [-0.2, -0.15) is 0 Å². The topological polar surface area (TPSA) is 167 Å². The number of amides is 2. The van der Waals surface area contributed by atoms with E-state index < -0.39 is 34.9 Å². The summed E-state index contributed by atoms with van der Waals surface area (Å²) >= 11 is 3.96. The van der Waals surface area contributed by atoms with Gasteiger partial charge in [0.25, 0.3) is 11.8 Å². The van der Waals surface area contributed by atoms with E-state index in [0.29, 0.717) is 17.1 Å². The average Bonchev–Trinajstić information content (AvgIpc) is 3.26. The lowest BCUT2D eigenvalue weighted by Crippen LogP contribution is -2.71. The third-order valence-corrected chi connectivity index (χ3v) is 7.85. The lowest BCUT2D eigenvalue weighted by atomic mass is 10.0. The molecule has 14 heteroatoms. The highest BCUT2D eigenvalue weighted by molar-refractivity contribution is 8.00. The molecule has 11 nitrogen and oxygen atoms in total. The number of carboxylic acid groups (broad SMARTS) is 1. The van der Waals surface area contributed by atoms with E-state index in [1.807, 2.05) is 18.4 Å². The van der Waals surface area contributed by atoms with Crippen molar-refractivity contribution < 1.29 is 29.4 Å². The van der Waals surface area contributed by atoms with Gasteiger partial charge in [0.1, 0.15) is 35.2 Å². The van der Waals surface area contributed by atoms with Gasteiger partial charge in [-0.1, -0.05) is 5.16 Å². The number of nitrogen functional groups attached to an aromatic ring is 1. The van der Waals surface area contributed by atoms with Crippen LogP contribution in [0.4, 0.5) is 5.13 Å². The lowest BCUT2D eigenvalue weighted by Gasteiger charge is -2.49. The number of carbonyl (C=O) groups is 3. The number of thioether (sulfide) groups is 2. The molecule has 0 unspecified atom stereocenters. The number of carboxylic acids is 1. The van der Waals surface area contributed by atoms with Crippen LogP contribution in [0.25, 0.3) is 0 Å². The highest BCUT2D eigenvalue weighted by Gasteiger charge is 2.54. The summed E-state index contributed by atoms with van der Waals surface area (Å²) in [5, 5.41) is 25.5. The van der Waals surface area contributed by atoms with Crippen LogP contribution in [-0.4, -0.2) is 73.7 Å². The number of rotatable bonds is 8. The standard InChI is InChI=1S/C20H19N5O6S3/c1-32-11-4-2-10(3-5-11)31-6-9-7-33-18-14(17(27)25(18)15(9)19(28)29)23-16(26)13(24-30)12-8-34-20(21)22-12/h2-5,8,14,18,30H,6-7H2,1H3,(H2,21,22)(H,23,26)(H,28,29)/b24-13-/t14-,18-/m1/s1. The van der Waals surface area contributed by atoms with E-state index in [-0.39, 0.29) is 23.1 Å². The number of hydrogen-bond donors (Lipinski definition) is 4. The second-order valence-electron chi connectivity index (χ2n) is 7.10. The first-order valence-electron chi connectivity index (χ1n) is 9.75. The van der Waals surface area contributed by atoms with Crippen molar-refractivity contribution in [3.63, 3.8) is 0 Å². The Bertz CT molecular complexity index is 1200. The van der Waals surface area contributed by atoms with Gasteiger partial charge in [0.2, 0.25) is 0 Å². The minimum atomic E-state index is -1.25. The Morgan fingerprint density at radius 1 is 1.38 bits per heavy atom. The fourth-order valence-corrected chi connectivity index (χ4v) is 5.74. The van der Waals surface area contributed by atoms with Crippen LogP contribution in [0.3, 0.4) is 0 Å². The maximum absolute atomic E-state index is 12.8. The molecule has 2 aromatic rings. The molecule has 4 rings (SSSR count). The molecule has 1 aromatic carbocycles. The third-order valence-electron chi connectivity index (χ3n) is 5.09. The van der Waals surface area contributed by atoms with Crippen LogP contribution in [0.5, 0.6) is 5.75 Å². The molecule has 3 heterocycles. The molecule has 2 aliphatic rings. The first kappa shape index (κ1) is 23.9. The number of thiazole rings is 1. The van der Waals surface area contributed by atoms with E-state index in [4.69, 9.17) is 10.5 Å². The Hall–Kier alpha value is -3.23. The number of nitrogens with two attached hydrogens (primary N) is 1. The van der Waals surface area contributed by atoms with Crippen molar-refractivity contribution >= 4 is 63.5 Å². The molecule has 2 atom stereocenters. The average molecular weight is 522 g/mol. The lowest BCUT2D eigenvalue weighted by molar-refractivity contribution is -0.150. The number of anilines is 1. The molecule has 0 spiro atoms. The molecule has 34 heavy (non-hydrogen) atoms. The van der Waals surface area contributed by atoms with E-state index in [2.05, 4.69) is 15.5 Å². The first-order valence-corrected chi connectivity index (χ1v) is 12.9. The Labute approximate surface area is 206 Å². The molecule has 0 bridgehead atoms. The summed E-state index contributed by atoms with van der Waals surface area (Å²) in [5.74, 6) is -1.78. The van der Waals surface area contributed by atoms with Crippen molar-refractivity contribution in [2.45, 2.75) is 16.3 Å². The number of aromatic nitrogens is 1. The van der Waals surface area contributed by atoms with E-state index in [1.54, 1.807) is 23.9 Å². The highest BCUT2D eigenvalue weighted by atomic mass is 32.2. The Balaban J connectivity index is 1.46. The monoisotopic (exact) mass is 521 g/mol. The van der Waals surface area contributed by atoms with Crippen LogP contribution < -0.4 is 15.8 Å². The Kier molecular flexibility index (Phi) is 7.00. The van der Waals surface area contributed by atoms with Gasteiger partial charge in [0, 0.05) is 21.6 Å². The number of nitrogens with zero attached hydrogens (tertiary/aromatic N) is 3. The molecule has 178 valence electrons. The summed E-state index contributed by atoms with van der Waals surface area (Å²) in [6.45, 7) is 0.00728. The zero-order chi connectivity index (χ0) is 24.4. The first-order chi connectivity index (χ1) is 16.3. The number of aliphatic carboxylic acids is 1. The Morgan fingerprint density at radius 3 is 2.71 bits per heavy atom. The smallest absolute Gasteiger partial charge is 0.352 e. The number of benzene rings is 1. The minimum absolute atomic E-state index is 0.00728. The number of hydrogen-bond acceptors (Lipinski definition) is 11. The van der Waals surface area contributed by atoms with Gasteiger partial charge >= 0.3 is 5.97 Å². The zero-order valence-corrected chi connectivity index (χ0v) is 20.1. The molecule has 0 saturated carbocycles. The van der Waals surface area contributed by atoms with Gasteiger partial charge in [0.05, 0.1) is 0 Å². The Morgan fingerprint density at radius 2 is 2.12 bits per heavy atom. The van der Waals surface area contributed by atoms with Gasteiger partial charge in [-0.25, -0.2) is 9.78 Å². The van der Waals surface area contributed by atoms with Gasteiger partial charge in [0.15, 0.2) is 10.8 Å². The van der Waals surface area contributed by atoms with Crippen LogP contribution in [0.15, 0.2) is 51.0 Å². The van der Waals surface area contributed by atoms with Crippen LogP contribution in [0, 0.1) is 0 Å². The van der Waals surface area contributed by atoms with Gasteiger partial charge in [-0.15, -0.1) is 34.9 Å². The van der Waals surface area contributed by atoms with E-state index in [9.17, 15) is 24.7 Å². The van der Waals surface area contributed by atoms with Crippen molar-refractivity contribution in [2.75, 3.05) is 24.3 Å². The molecular weight excluding hydrogens is 502 g/mol. The van der Waals surface area contributed by atoms with Crippen molar-refractivity contribution in [3.8, 4) is 5.75 Å². The number of fused-ring (bicyclic) bond motifs is 1. The van der Waals surface area contributed by atoms with Crippen LogP contribution in [0.1, 0.15) is 5.69 Å². The van der Waals surface area contributed by atoms with Crippen LogP contribution in [0.2, 0.25) is 0 Å². The molecule has 0 radical (unpaired) electrons. The fraction of sp³-hybridized carbons (Fsp3) is 0.250. The van der Waals surface area contributed by atoms with Crippen LogP contribution in [-0.2, 0) is 14.4 Å². The number of nitrogens with one attached hydrogen (secondary N) is 1. The summed E-state index contributed by atoms with van der Waals surface area (Å²) in [5.41, 5.74) is 5.53. The minimum Gasteiger partial charge on any atom is -0.489 e.